The van der Waals surface area contributed by atoms with Gasteiger partial charge < -0.3 is 5.73 Å². The summed E-state index contributed by atoms with van der Waals surface area (Å²) in [4.78, 5) is 0. The van der Waals surface area contributed by atoms with E-state index in [2.05, 4.69) is 22.6 Å². The van der Waals surface area contributed by atoms with Crippen molar-refractivity contribution in [2.75, 3.05) is 0 Å². The molecule has 70 valence electrons. The third-order valence-corrected chi connectivity index (χ3v) is 3.20. The maximum atomic E-state index is 5.75. The Hall–Kier alpha value is -0.540. The fourth-order valence-corrected chi connectivity index (χ4v) is 2.53. The van der Waals surface area contributed by atoms with Gasteiger partial charge >= 0.3 is 0 Å². The topological polar surface area (TPSA) is 38.4 Å². The van der Waals surface area contributed by atoms with Gasteiger partial charge in [-0.2, -0.15) is 0 Å². The number of hydrogen-bond donors (Lipinski definition) is 1. The first-order valence-corrected chi connectivity index (χ1v) is 5.43. The van der Waals surface area contributed by atoms with Crippen LogP contribution >= 0.6 is 11.9 Å². The van der Waals surface area contributed by atoms with Gasteiger partial charge in [-0.15, -0.1) is 0 Å². The predicted octanol–water partition coefficient (Wildman–Crippen LogP) is 1.94. The molecule has 0 aromatic rings. The van der Waals surface area contributed by atoms with Crippen LogP contribution in [-0.2, 0) is 0 Å². The van der Waals surface area contributed by atoms with Crippen molar-refractivity contribution in [1.82, 2.24) is 0 Å². The van der Waals surface area contributed by atoms with Crippen LogP contribution in [0.3, 0.4) is 0 Å². The van der Waals surface area contributed by atoms with Crippen LogP contribution in [0.4, 0.5) is 0 Å². The van der Waals surface area contributed by atoms with Gasteiger partial charge in [0.25, 0.3) is 0 Å². The Morgan fingerprint density at radius 2 is 2.54 bits per heavy atom. The van der Waals surface area contributed by atoms with Gasteiger partial charge in [0, 0.05) is 18.2 Å². The highest BCUT2D eigenvalue weighted by Gasteiger charge is 2.24. The molecule has 0 aromatic heterocycles. The van der Waals surface area contributed by atoms with Gasteiger partial charge in [0.15, 0.2) is 0 Å². The second kappa shape index (κ2) is 3.68. The van der Waals surface area contributed by atoms with Gasteiger partial charge in [-0.25, -0.2) is 4.40 Å². The minimum absolute atomic E-state index is 0.250. The summed E-state index contributed by atoms with van der Waals surface area (Å²) in [6, 6.07) is 0.250. The highest BCUT2D eigenvalue weighted by atomic mass is 32.2. The zero-order valence-electron chi connectivity index (χ0n) is 7.68. The minimum atomic E-state index is 0.250. The van der Waals surface area contributed by atoms with Gasteiger partial charge in [0.1, 0.15) is 0 Å². The predicted molar refractivity (Wildman–Crippen MR) is 58.9 cm³/mol. The summed E-state index contributed by atoms with van der Waals surface area (Å²) in [5, 5.41) is 0.527. The van der Waals surface area contributed by atoms with E-state index in [1.807, 2.05) is 13.1 Å². The fraction of sp³-hybridized carbons (Fsp3) is 0.500. The molecule has 0 bridgehead atoms. The molecule has 0 radical (unpaired) electrons. The molecule has 2 N–H and O–H groups in total. The number of allylic oxidation sites excluding steroid dienone is 2. The molecule has 0 amide bonds. The van der Waals surface area contributed by atoms with Crippen molar-refractivity contribution < 1.29 is 0 Å². The summed E-state index contributed by atoms with van der Waals surface area (Å²) in [6.07, 6.45) is 9.70. The number of fused-ring (bicyclic) bond motifs is 1. The van der Waals surface area contributed by atoms with E-state index >= 15 is 0 Å². The summed E-state index contributed by atoms with van der Waals surface area (Å²) in [7, 11) is 0. The molecule has 1 heterocycles. The lowest BCUT2D eigenvalue weighted by Gasteiger charge is -2.17. The van der Waals surface area contributed by atoms with Crippen molar-refractivity contribution in [3.8, 4) is 0 Å². The molecule has 1 aliphatic carbocycles. The summed E-state index contributed by atoms with van der Waals surface area (Å²) in [5.74, 6) is 0.516. The fourth-order valence-electron chi connectivity index (χ4n) is 1.64. The quantitative estimate of drug-likeness (QED) is 0.682. The number of nitrogens with two attached hydrogens (primary N) is 1. The van der Waals surface area contributed by atoms with Gasteiger partial charge in [-0.05, 0) is 30.9 Å². The first-order chi connectivity index (χ1) is 6.25. The highest BCUT2D eigenvalue weighted by molar-refractivity contribution is 7.99. The second-order valence-electron chi connectivity index (χ2n) is 3.68. The van der Waals surface area contributed by atoms with Gasteiger partial charge in [0.05, 0.1) is 5.25 Å². The van der Waals surface area contributed by atoms with E-state index in [4.69, 9.17) is 5.73 Å². The van der Waals surface area contributed by atoms with E-state index in [1.165, 1.54) is 5.57 Å². The number of rotatable bonds is 2. The monoisotopic (exact) mass is 194 g/mol. The zero-order valence-corrected chi connectivity index (χ0v) is 8.50. The minimum Gasteiger partial charge on any atom is -0.328 e. The van der Waals surface area contributed by atoms with Crippen molar-refractivity contribution in [2.45, 2.75) is 24.6 Å². The molecule has 0 fully saturated rings. The van der Waals surface area contributed by atoms with E-state index in [-0.39, 0.29) is 6.04 Å². The lowest BCUT2D eigenvalue weighted by molar-refractivity contribution is 0.731. The molecule has 0 saturated heterocycles. The van der Waals surface area contributed by atoms with Crippen LogP contribution in [0.5, 0.6) is 0 Å². The van der Waals surface area contributed by atoms with Crippen molar-refractivity contribution >= 4 is 18.2 Å². The average molecular weight is 194 g/mol. The Morgan fingerprint density at radius 3 is 3.31 bits per heavy atom. The third kappa shape index (κ3) is 2.03. The maximum absolute atomic E-state index is 5.75. The Bertz CT molecular complexity index is 279. The van der Waals surface area contributed by atoms with E-state index in [0.717, 1.165) is 6.42 Å². The molecule has 0 saturated carbocycles. The molecule has 13 heavy (non-hydrogen) atoms. The Morgan fingerprint density at radius 1 is 1.69 bits per heavy atom. The van der Waals surface area contributed by atoms with E-state index in [9.17, 15) is 0 Å². The van der Waals surface area contributed by atoms with Crippen LogP contribution in [0.25, 0.3) is 0 Å². The van der Waals surface area contributed by atoms with Crippen LogP contribution in [0.15, 0.2) is 28.2 Å². The molecule has 3 heteroatoms. The summed E-state index contributed by atoms with van der Waals surface area (Å²) < 4.78 is 4.21. The molecule has 3 atom stereocenters. The molecule has 2 rings (SSSR count). The lowest BCUT2D eigenvalue weighted by atomic mass is 9.94. The molecular formula is C10H14N2S. The van der Waals surface area contributed by atoms with Crippen LogP contribution in [0.1, 0.15) is 13.3 Å². The number of nitrogens with zero attached hydrogens (tertiary/aromatic N) is 1. The summed E-state index contributed by atoms with van der Waals surface area (Å²) >= 11 is 1.66. The first kappa shape index (κ1) is 9.03. The second-order valence-corrected chi connectivity index (χ2v) is 4.65. The normalized spacial score (nSPS) is 32.9. The summed E-state index contributed by atoms with van der Waals surface area (Å²) in [5.41, 5.74) is 7.10. The zero-order chi connectivity index (χ0) is 9.26. The summed E-state index contributed by atoms with van der Waals surface area (Å²) in [6.45, 7) is 2.04. The standard InChI is InChI=1S/C10H14N2S/c1-7(11)4-8-2-3-9-6-12-13-10(9)5-8/h2-3,5-7,9-10H,4,11H2,1H3. The molecular weight excluding hydrogens is 180 g/mol. The SMILES string of the molecule is CC(N)CC1=CC2SN=CC2C=C1. The molecule has 0 aromatic carbocycles. The van der Waals surface area contributed by atoms with E-state index in [0.29, 0.717) is 11.2 Å². The van der Waals surface area contributed by atoms with Gasteiger partial charge in [0.2, 0.25) is 0 Å². The maximum Gasteiger partial charge on any atom is 0.0565 e. The Balaban J connectivity index is 2.04. The van der Waals surface area contributed by atoms with E-state index in [1.54, 1.807) is 11.9 Å². The third-order valence-electron chi connectivity index (χ3n) is 2.26. The van der Waals surface area contributed by atoms with Crippen LogP contribution < -0.4 is 5.73 Å². The van der Waals surface area contributed by atoms with Gasteiger partial charge in [-0.3, -0.25) is 0 Å². The Labute approximate surface area is 83.1 Å². The van der Waals surface area contributed by atoms with Crippen molar-refractivity contribution in [3.63, 3.8) is 0 Å². The van der Waals surface area contributed by atoms with Crippen molar-refractivity contribution in [3.05, 3.63) is 23.8 Å². The first-order valence-electron chi connectivity index (χ1n) is 4.59. The van der Waals surface area contributed by atoms with Crippen molar-refractivity contribution in [1.29, 1.82) is 0 Å². The molecule has 2 aliphatic rings. The average Bonchev–Trinajstić information content (AvgIpc) is 2.49. The molecule has 1 aliphatic heterocycles. The largest absolute Gasteiger partial charge is 0.328 e. The number of hydrogen-bond acceptors (Lipinski definition) is 3. The van der Waals surface area contributed by atoms with Gasteiger partial charge in [-0.1, -0.05) is 18.2 Å². The smallest absolute Gasteiger partial charge is 0.0565 e. The van der Waals surface area contributed by atoms with Crippen LogP contribution in [0, 0.1) is 5.92 Å². The van der Waals surface area contributed by atoms with Crippen LogP contribution in [-0.4, -0.2) is 17.5 Å². The molecule has 3 unspecified atom stereocenters. The van der Waals surface area contributed by atoms with E-state index < -0.39 is 0 Å². The molecule has 0 spiro atoms. The lowest BCUT2D eigenvalue weighted by Crippen LogP contribution is -2.18. The molecule has 2 nitrogen and oxygen atoms in total. The highest BCUT2D eigenvalue weighted by Crippen LogP contribution is 2.33. The Kier molecular flexibility index (Phi) is 2.56. The van der Waals surface area contributed by atoms with Crippen molar-refractivity contribution in [2.24, 2.45) is 16.0 Å². The van der Waals surface area contributed by atoms with Crippen LogP contribution in [0.2, 0.25) is 0 Å².